The number of rotatable bonds is 9. The van der Waals surface area contributed by atoms with E-state index in [2.05, 4.69) is 5.32 Å². The summed E-state index contributed by atoms with van der Waals surface area (Å²) in [5, 5.41) is 22.2. The van der Waals surface area contributed by atoms with Crippen molar-refractivity contribution in [3.63, 3.8) is 0 Å². The Bertz CT molecular complexity index is 1430. The van der Waals surface area contributed by atoms with E-state index in [4.69, 9.17) is 21.4 Å². The molecule has 1 fully saturated rings. The highest BCUT2D eigenvalue weighted by Gasteiger charge is 2.33. The topological polar surface area (TPSA) is 133 Å². The summed E-state index contributed by atoms with van der Waals surface area (Å²) in [7, 11) is -3.98. The summed E-state index contributed by atoms with van der Waals surface area (Å²) < 4.78 is 34.5. The number of hydrogen-bond acceptors (Lipinski definition) is 7. The van der Waals surface area contributed by atoms with E-state index in [0.29, 0.717) is 52.6 Å². The first-order chi connectivity index (χ1) is 17.6. The number of carbonyl (C=O) groups is 2. The largest absolute Gasteiger partial charge is 0.480 e. The standard InChI is InChI=1S/C25H25ClN2O7S2/c1-15-22(35-14-21(29)30)24(25(31)32)36-23(15)16-4-2-6-19(12-16)28(18-8-10-27-11-9-18)37(33,34)20-7-3-5-17(26)13-20/h2-7,12-13,18,27H,8-11,14H2,1H3,(H,29,30)(H,31,32). The van der Waals surface area contributed by atoms with Crippen LogP contribution in [-0.2, 0) is 14.8 Å². The van der Waals surface area contributed by atoms with Gasteiger partial charge in [-0.15, -0.1) is 11.3 Å². The Balaban J connectivity index is 1.82. The molecule has 3 N–H and O–H groups in total. The smallest absolute Gasteiger partial charge is 0.349 e. The van der Waals surface area contributed by atoms with Gasteiger partial charge in [0.1, 0.15) is 5.75 Å². The number of thiophene rings is 1. The van der Waals surface area contributed by atoms with E-state index in [1.807, 2.05) is 0 Å². The van der Waals surface area contributed by atoms with Gasteiger partial charge in [0.05, 0.1) is 10.6 Å². The third-order valence-corrected chi connectivity index (χ3v) is 9.40. The first kappa shape index (κ1) is 26.9. The highest BCUT2D eigenvalue weighted by molar-refractivity contribution is 7.92. The van der Waals surface area contributed by atoms with E-state index >= 15 is 0 Å². The third kappa shape index (κ3) is 5.74. The monoisotopic (exact) mass is 564 g/mol. The predicted molar refractivity (Wildman–Crippen MR) is 142 cm³/mol. The number of aromatic carboxylic acids is 1. The minimum Gasteiger partial charge on any atom is -0.480 e. The van der Waals surface area contributed by atoms with E-state index in [1.54, 1.807) is 43.3 Å². The first-order valence-corrected chi connectivity index (χ1v) is 14.1. The Kier molecular flexibility index (Phi) is 8.08. The predicted octanol–water partition coefficient (Wildman–Crippen LogP) is 4.49. The molecule has 1 aliphatic heterocycles. The number of benzene rings is 2. The molecule has 0 bridgehead atoms. The summed E-state index contributed by atoms with van der Waals surface area (Å²) in [6, 6.07) is 12.7. The summed E-state index contributed by atoms with van der Waals surface area (Å²) in [5.41, 5.74) is 1.49. The second kappa shape index (κ2) is 11.1. The maximum Gasteiger partial charge on any atom is 0.349 e. The lowest BCUT2D eigenvalue weighted by Gasteiger charge is -2.35. The van der Waals surface area contributed by atoms with Crippen molar-refractivity contribution in [2.24, 2.45) is 0 Å². The first-order valence-electron chi connectivity index (χ1n) is 11.4. The van der Waals surface area contributed by atoms with Crippen LogP contribution in [0.25, 0.3) is 10.4 Å². The second-order valence-corrected chi connectivity index (χ2v) is 11.8. The average molecular weight is 565 g/mol. The van der Waals surface area contributed by atoms with Gasteiger partial charge in [0.25, 0.3) is 10.0 Å². The molecule has 0 amide bonds. The normalized spacial score (nSPS) is 14.3. The number of halogens is 1. The van der Waals surface area contributed by atoms with Gasteiger partial charge >= 0.3 is 11.9 Å². The molecule has 1 aromatic heterocycles. The highest BCUT2D eigenvalue weighted by Crippen LogP contribution is 2.43. The van der Waals surface area contributed by atoms with Crippen molar-refractivity contribution in [2.75, 3.05) is 24.0 Å². The lowest BCUT2D eigenvalue weighted by molar-refractivity contribution is -0.139. The summed E-state index contributed by atoms with van der Waals surface area (Å²) in [6.45, 7) is 2.30. The molecule has 0 saturated carbocycles. The SMILES string of the molecule is Cc1c(-c2cccc(N(C3CCNCC3)S(=O)(=O)c3cccc(Cl)c3)c2)sc(C(=O)O)c1OCC(=O)O. The van der Waals surface area contributed by atoms with Crippen LogP contribution in [0.4, 0.5) is 5.69 Å². The quantitative estimate of drug-likeness (QED) is 0.346. The Morgan fingerprint density at radius 3 is 2.49 bits per heavy atom. The van der Waals surface area contributed by atoms with Gasteiger partial charge in [0.15, 0.2) is 11.5 Å². The highest BCUT2D eigenvalue weighted by atomic mass is 35.5. The Morgan fingerprint density at radius 2 is 1.84 bits per heavy atom. The molecule has 12 heteroatoms. The number of nitrogens with one attached hydrogen (secondary N) is 1. The molecule has 0 radical (unpaired) electrons. The van der Waals surface area contributed by atoms with Crippen LogP contribution in [0.1, 0.15) is 28.1 Å². The summed E-state index contributed by atoms with van der Waals surface area (Å²) in [6.07, 6.45) is 1.22. The van der Waals surface area contributed by atoms with E-state index < -0.39 is 28.6 Å². The number of ether oxygens (including phenoxy) is 1. The zero-order valence-electron chi connectivity index (χ0n) is 19.8. The molecule has 0 unspecified atom stereocenters. The number of nitrogens with zero attached hydrogens (tertiary/aromatic N) is 1. The zero-order valence-corrected chi connectivity index (χ0v) is 22.2. The molecule has 196 valence electrons. The van der Waals surface area contributed by atoms with Crippen molar-refractivity contribution in [1.29, 1.82) is 0 Å². The van der Waals surface area contributed by atoms with E-state index in [0.717, 1.165) is 11.3 Å². The van der Waals surface area contributed by atoms with Gasteiger partial charge in [-0.05, 0) is 68.8 Å². The van der Waals surface area contributed by atoms with E-state index in [9.17, 15) is 23.1 Å². The number of carboxylic acid groups (broad SMARTS) is 2. The van der Waals surface area contributed by atoms with Crippen molar-refractivity contribution in [3.8, 4) is 16.2 Å². The molecule has 37 heavy (non-hydrogen) atoms. The van der Waals surface area contributed by atoms with Crippen LogP contribution in [0.3, 0.4) is 0 Å². The summed E-state index contributed by atoms with van der Waals surface area (Å²) in [4.78, 5) is 23.3. The van der Waals surface area contributed by atoms with Crippen molar-refractivity contribution < 1.29 is 33.0 Å². The summed E-state index contributed by atoms with van der Waals surface area (Å²) in [5.74, 6) is -2.48. The van der Waals surface area contributed by atoms with Gasteiger partial charge in [-0.2, -0.15) is 0 Å². The van der Waals surface area contributed by atoms with Crippen LogP contribution in [-0.4, -0.2) is 56.3 Å². The molecule has 0 atom stereocenters. The van der Waals surface area contributed by atoms with Crippen LogP contribution < -0.4 is 14.4 Å². The zero-order chi connectivity index (χ0) is 26.7. The molecule has 2 heterocycles. The molecule has 9 nitrogen and oxygen atoms in total. The fourth-order valence-electron chi connectivity index (χ4n) is 4.33. The number of hydrogen-bond donors (Lipinski definition) is 3. The van der Waals surface area contributed by atoms with Crippen LogP contribution in [0.15, 0.2) is 53.4 Å². The fourth-order valence-corrected chi connectivity index (χ4v) is 7.42. The molecule has 2 aromatic carbocycles. The molecule has 4 rings (SSSR count). The minimum absolute atomic E-state index is 0.0120. The minimum atomic E-state index is -3.98. The van der Waals surface area contributed by atoms with Crippen LogP contribution in [0.2, 0.25) is 5.02 Å². The molecule has 1 saturated heterocycles. The van der Waals surface area contributed by atoms with E-state index in [1.165, 1.54) is 16.4 Å². The second-order valence-electron chi connectivity index (χ2n) is 8.49. The lowest BCUT2D eigenvalue weighted by atomic mass is 10.0. The molecular formula is C25H25ClN2O7S2. The maximum atomic E-state index is 13.9. The Morgan fingerprint density at radius 1 is 1.14 bits per heavy atom. The van der Waals surface area contributed by atoms with Crippen LogP contribution in [0, 0.1) is 6.92 Å². The molecule has 3 aromatic rings. The average Bonchev–Trinajstić information content (AvgIpc) is 3.20. The van der Waals surface area contributed by atoms with Gasteiger partial charge in [-0.25, -0.2) is 18.0 Å². The fraction of sp³-hybridized carbons (Fsp3) is 0.280. The van der Waals surface area contributed by atoms with Gasteiger partial charge in [0, 0.05) is 21.5 Å². The number of aliphatic carboxylic acids is 1. The van der Waals surface area contributed by atoms with Gasteiger partial charge in [0.2, 0.25) is 0 Å². The van der Waals surface area contributed by atoms with Crippen molar-refractivity contribution in [2.45, 2.75) is 30.7 Å². The number of carboxylic acids is 2. The van der Waals surface area contributed by atoms with Gasteiger partial charge in [-0.1, -0.05) is 29.8 Å². The van der Waals surface area contributed by atoms with Crippen molar-refractivity contribution in [1.82, 2.24) is 5.32 Å². The summed E-state index contributed by atoms with van der Waals surface area (Å²) >= 11 is 7.06. The molecule has 0 aliphatic carbocycles. The van der Waals surface area contributed by atoms with Gasteiger partial charge in [-0.3, -0.25) is 4.31 Å². The Hall–Kier alpha value is -3.12. The molecular weight excluding hydrogens is 540 g/mol. The van der Waals surface area contributed by atoms with Crippen LogP contribution in [0.5, 0.6) is 5.75 Å². The maximum absolute atomic E-state index is 13.9. The van der Waals surface area contributed by atoms with Crippen LogP contribution >= 0.6 is 22.9 Å². The number of piperidine rings is 1. The Labute approximate surface area is 223 Å². The third-order valence-electron chi connectivity index (χ3n) is 5.98. The molecule has 1 aliphatic rings. The number of anilines is 1. The number of sulfonamides is 1. The van der Waals surface area contributed by atoms with Crippen molar-refractivity contribution in [3.05, 3.63) is 64.0 Å². The van der Waals surface area contributed by atoms with Crippen molar-refractivity contribution >= 4 is 50.6 Å². The molecule has 0 spiro atoms. The lowest BCUT2D eigenvalue weighted by Crippen LogP contribution is -2.46. The van der Waals surface area contributed by atoms with E-state index in [-0.39, 0.29) is 21.6 Å². The van der Waals surface area contributed by atoms with Gasteiger partial charge < -0.3 is 20.3 Å².